The van der Waals surface area contributed by atoms with Gasteiger partial charge in [0.2, 0.25) is 5.13 Å². The molecule has 25 heavy (non-hydrogen) atoms. The van der Waals surface area contributed by atoms with Gasteiger partial charge < -0.3 is 0 Å². The van der Waals surface area contributed by atoms with Crippen molar-refractivity contribution in [2.45, 2.75) is 43.9 Å². The molecule has 0 spiro atoms. The van der Waals surface area contributed by atoms with Crippen LogP contribution < -0.4 is 5.32 Å². The van der Waals surface area contributed by atoms with Gasteiger partial charge in [0.15, 0.2) is 0 Å². The topological polar surface area (TPSA) is 67.8 Å². The van der Waals surface area contributed by atoms with Crippen LogP contribution in [0.2, 0.25) is 5.15 Å². The first-order valence-corrected chi connectivity index (χ1v) is 10.1. The monoisotopic (exact) mass is 374 g/mol. The summed E-state index contributed by atoms with van der Waals surface area (Å²) in [6, 6.07) is 3.35. The third-order valence-electron chi connectivity index (χ3n) is 6.14. The average molecular weight is 375 g/mol. The number of hydrogen-bond acceptors (Lipinski definition) is 5. The molecule has 5 nitrogen and oxygen atoms in total. The zero-order valence-corrected chi connectivity index (χ0v) is 15.3. The molecule has 0 unspecified atom stereocenters. The van der Waals surface area contributed by atoms with Crippen LogP contribution in [0.25, 0.3) is 0 Å². The summed E-state index contributed by atoms with van der Waals surface area (Å²) >= 11 is 7.53. The van der Waals surface area contributed by atoms with E-state index in [0.29, 0.717) is 10.7 Å². The van der Waals surface area contributed by atoms with Crippen molar-refractivity contribution < 1.29 is 4.79 Å². The minimum atomic E-state index is -0.286. The molecule has 2 heterocycles. The fourth-order valence-electron chi connectivity index (χ4n) is 5.58. The van der Waals surface area contributed by atoms with Gasteiger partial charge in [-0.3, -0.25) is 10.1 Å². The second-order valence-corrected chi connectivity index (χ2v) is 9.24. The lowest BCUT2D eigenvalue weighted by atomic mass is 9.50. The number of anilines is 1. The van der Waals surface area contributed by atoms with E-state index in [1.54, 1.807) is 18.3 Å². The van der Waals surface area contributed by atoms with Crippen LogP contribution in [0.15, 0.2) is 18.3 Å². The molecule has 130 valence electrons. The van der Waals surface area contributed by atoms with E-state index in [0.717, 1.165) is 22.8 Å². The van der Waals surface area contributed by atoms with E-state index in [4.69, 9.17) is 11.6 Å². The molecule has 6 rings (SSSR count). The van der Waals surface area contributed by atoms with Gasteiger partial charge in [-0.15, -0.1) is 10.2 Å². The second-order valence-electron chi connectivity index (χ2n) is 7.91. The van der Waals surface area contributed by atoms with E-state index in [1.165, 1.54) is 49.9 Å². The van der Waals surface area contributed by atoms with Gasteiger partial charge in [0, 0.05) is 11.6 Å². The maximum absolute atomic E-state index is 12.4. The van der Waals surface area contributed by atoms with Crippen molar-refractivity contribution >= 4 is 34.0 Å². The minimum Gasteiger partial charge on any atom is -0.296 e. The van der Waals surface area contributed by atoms with Crippen LogP contribution in [0.3, 0.4) is 0 Å². The Kier molecular flexibility index (Phi) is 3.61. The van der Waals surface area contributed by atoms with Gasteiger partial charge in [0.05, 0.1) is 5.56 Å². The smallest absolute Gasteiger partial charge is 0.260 e. The molecule has 0 aliphatic heterocycles. The fraction of sp³-hybridized carbons (Fsp3) is 0.556. The van der Waals surface area contributed by atoms with Crippen LogP contribution in [0.1, 0.15) is 53.9 Å². The van der Waals surface area contributed by atoms with Gasteiger partial charge in [0.25, 0.3) is 5.91 Å². The lowest BCUT2D eigenvalue weighted by molar-refractivity contribution is -0.00555. The summed E-state index contributed by atoms with van der Waals surface area (Å²) < 4.78 is 0. The molecule has 1 N–H and O–H groups in total. The molecular weight excluding hydrogens is 356 g/mol. The average Bonchev–Trinajstić information content (AvgIpc) is 3.03. The number of nitrogens with zero attached hydrogens (tertiary/aromatic N) is 3. The predicted molar refractivity (Wildman–Crippen MR) is 97.0 cm³/mol. The highest BCUT2D eigenvalue weighted by Crippen LogP contribution is 2.61. The summed E-state index contributed by atoms with van der Waals surface area (Å²) in [5, 5.41) is 13.4. The Morgan fingerprint density at radius 3 is 2.48 bits per heavy atom. The standard InChI is InChI=1S/C18H19ClN4OS/c19-14-13(2-1-3-20-14)15(24)21-17-23-22-16(25-17)18-7-10-4-11(8-18)6-12(5-10)9-18/h1-3,10-12H,4-9H2,(H,21,23,24). The van der Waals surface area contributed by atoms with Crippen molar-refractivity contribution in [2.24, 2.45) is 17.8 Å². The van der Waals surface area contributed by atoms with Crippen LogP contribution in [0.4, 0.5) is 5.13 Å². The van der Waals surface area contributed by atoms with Gasteiger partial charge in [-0.25, -0.2) is 4.98 Å². The molecule has 2 aromatic rings. The molecule has 1 amide bonds. The van der Waals surface area contributed by atoms with E-state index >= 15 is 0 Å². The van der Waals surface area contributed by atoms with E-state index in [2.05, 4.69) is 20.5 Å². The lowest BCUT2D eigenvalue weighted by Gasteiger charge is -2.55. The van der Waals surface area contributed by atoms with Gasteiger partial charge in [-0.2, -0.15) is 0 Å². The molecule has 0 radical (unpaired) electrons. The van der Waals surface area contributed by atoms with Crippen molar-refractivity contribution in [1.29, 1.82) is 0 Å². The third kappa shape index (κ3) is 2.66. The molecule has 7 heteroatoms. The van der Waals surface area contributed by atoms with E-state index < -0.39 is 0 Å². The zero-order valence-electron chi connectivity index (χ0n) is 13.7. The molecule has 4 aliphatic rings. The molecule has 0 atom stereocenters. The Morgan fingerprint density at radius 1 is 1.16 bits per heavy atom. The summed E-state index contributed by atoms with van der Waals surface area (Å²) in [5.74, 6) is 2.30. The Morgan fingerprint density at radius 2 is 1.84 bits per heavy atom. The van der Waals surface area contributed by atoms with Crippen LogP contribution in [-0.4, -0.2) is 21.1 Å². The molecule has 4 aliphatic carbocycles. The van der Waals surface area contributed by atoms with E-state index in [1.807, 2.05) is 0 Å². The number of carbonyl (C=O) groups is 1. The van der Waals surface area contributed by atoms with Gasteiger partial charge >= 0.3 is 0 Å². The highest BCUT2D eigenvalue weighted by Gasteiger charge is 2.53. The zero-order chi connectivity index (χ0) is 17.0. The Balaban J connectivity index is 1.38. The number of rotatable bonds is 3. The number of nitrogens with one attached hydrogen (secondary N) is 1. The van der Waals surface area contributed by atoms with Crippen molar-refractivity contribution in [1.82, 2.24) is 15.2 Å². The normalized spacial score (nSPS) is 32.8. The van der Waals surface area contributed by atoms with E-state index in [-0.39, 0.29) is 16.5 Å². The van der Waals surface area contributed by atoms with Crippen molar-refractivity contribution in [2.75, 3.05) is 5.32 Å². The predicted octanol–water partition coefficient (Wildman–Crippen LogP) is 4.31. The fourth-order valence-corrected chi connectivity index (χ4v) is 6.74. The Hall–Kier alpha value is -1.53. The lowest BCUT2D eigenvalue weighted by Crippen LogP contribution is -2.48. The van der Waals surface area contributed by atoms with Crippen LogP contribution in [-0.2, 0) is 5.41 Å². The number of hydrogen-bond donors (Lipinski definition) is 1. The second kappa shape index (κ2) is 5.74. The van der Waals surface area contributed by atoms with Crippen molar-refractivity contribution in [3.63, 3.8) is 0 Å². The first-order chi connectivity index (χ1) is 12.1. The number of halogens is 1. The van der Waals surface area contributed by atoms with Crippen LogP contribution >= 0.6 is 22.9 Å². The Labute approximate surface area is 155 Å². The minimum absolute atomic E-state index is 0.200. The van der Waals surface area contributed by atoms with Gasteiger partial charge in [-0.05, 0) is 68.4 Å². The van der Waals surface area contributed by atoms with Crippen molar-refractivity contribution in [3.8, 4) is 0 Å². The number of aromatic nitrogens is 3. The number of carbonyl (C=O) groups excluding carboxylic acids is 1. The first kappa shape index (κ1) is 15.7. The largest absolute Gasteiger partial charge is 0.296 e. The van der Waals surface area contributed by atoms with Crippen LogP contribution in [0.5, 0.6) is 0 Å². The molecule has 4 bridgehead atoms. The summed E-state index contributed by atoms with van der Waals surface area (Å²) in [7, 11) is 0. The summed E-state index contributed by atoms with van der Waals surface area (Å²) in [6.07, 6.45) is 9.51. The van der Waals surface area contributed by atoms with E-state index in [9.17, 15) is 4.79 Å². The highest BCUT2D eigenvalue weighted by atomic mass is 35.5. The molecule has 0 saturated heterocycles. The molecular formula is C18H19ClN4OS. The molecule has 0 aromatic carbocycles. The Bertz CT molecular complexity index is 801. The van der Waals surface area contributed by atoms with Crippen molar-refractivity contribution in [3.05, 3.63) is 34.1 Å². The first-order valence-electron chi connectivity index (χ1n) is 8.87. The maximum Gasteiger partial charge on any atom is 0.260 e. The third-order valence-corrected chi connectivity index (χ3v) is 7.53. The number of amides is 1. The maximum atomic E-state index is 12.4. The van der Waals surface area contributed by atoms with Gasteiger partial charge in [0.1, 0.15) is 10.2 Å². The molecule has 2 aromatic heterocycles. The summed E-state index contributed by atoms with van der Waals surface area (Å²) in [5.41, 5.74) is 0.567. The summed E-state index contributed by atoms with van der Waals surface area (Å²) in [6.45, 7) is 0. The molecule has 4 fully saturated rings. The van der Waals surface area contributed by atoms with Crippen LogP contribution in [0, 0.1) is 17.8 Å². The number of pyridine rings is 1. The molecule has 4 saturated carbocycles. The summed E-state index contributed by atoms with van der Waals surface area (Å²) in [4.78, 5) is 16.3. The van der Waals surface area contributed by atoms with Gasteiger partial charge in [-0.1, -0.05) is 22.9 Å². The highest BCUT2D eigenvalue weighted by molar-refractivity contribution is 7.15. The SMILES string of the molecule is O=C(Nc1nnc(C23CC4CC(CC(C4)C2)C3)s1)c1cccnc1Cl. The quantitative estimate of drug-likeness (QED) is 0.813.